The molecular weight excluding hydrogens is 186 g/mol. The van der Waals surface area contributed by atoms with Crippen molar-refractivity contribution in [3.05, 3.63) is 0 Å². The van der Waals surface area contributed by atoms with E-state index in [0.29, 0.717) is 0 Å². The summed E-state index contributed by atoms with van der Waals surface area (Å²) in [4.78, 5) is 0. The second-order valence-electron chi connectivity index (χ2n) is 4.04. The SMILES string of the molecule is CCCC1(S(N)(=O)=O)CCCCC1. The highest BCUT2D eigenvalue weighted by atomic mass is 32.2. The van der Waals surface area contributed by atoms with Crippen LogP contribution in [0.3, 0.4) is 0 Å². The zero-order valence-corrected chi connectivity index (χ0v) is 9.07. The van der Waals surface area contributed by atoms with Crippen LogP contribution in [0.15, 0.2) is 0 Å². The molecule has 1 aliphatic rings. The summed E-state index contributed by atoms with van der Waals surface area (Å²) < 4.78 is 22.4. The highest BCUT2D eigenvalue weighted by Gasteiger charge is 2.41. The second-order valence-corrected chi connectivity index (χ2v) is 5.99. The van der Waals surface area contributed by atoms with Crippen LogP contribution >= 0.6 is 0 Å². The van der Waals surface area contributed by atoms with Crippen LogP contribution in [0.4, 0.5) is 0 Å². The molecule has 0 amide bonds. The van der Waals surface area contributed by atoms with Crippen LogP contribution in [-0.4, -0.2) is 13.2 Å². The minimum atomic E-state index is -3.35. The van der Waals surface area contributed by atoms with Crippen LogP contribution in [0.2, 0.25) is 0 Å². The maximum atomic E-state index is 11.5. The minimum Gasteiger partial charge on any atom is -0.228 e. The number of sulfonamides is 1. The van der Waals surface area contributed by atoms with Gasteiger partial charge in [0.2, 0.25) is 10.0 Å². The predicted octanol–water partition coefficient (Wildman–Crippen LogP) is 1.78. The summed E-state index contributed by atoms with van der Waals surface area (Å²) in [6.45, 7) is 2.02. The molecule has 0 aromatic heterocycles. The van der Waals surface area contributed by atoms with Gasteiger partial charge in [-0.2, -0.15) is 0 Å². The molecule has 0 spiro atoms. The number of hydrogen-bond acceptors (Lipinski definition) is 2. The van der Waals surface area contributed by atoms with Gasteiger partial charge in [0.05, 0.1) is 4.75 Å². The van der Waals surface area contributed by atoms with Gasteiger partial charge in [-0.3, -0.25) is 0 Å². The first kappa shape index (κ1) is 11.0. The summed E-state index contributed by atoms with van der Waals surface area (Å²) in [5, 5.41) is 5.30. The Kier molecular flexibility index (Phi) is 3.35. The van der Waals surface area contributed by atoms with Crippen molar-refractivity contribution < 1.29 is 8.42 Å². The van der Waals surface area contributed by atoms with Crippen molar-refractivity contribution in [1.29, 1.82) is 0 Å². The van der Waals surface area contributed by atoms with E-state index in [2.05, 4.69) is 0 Å². The molecule has 0 heterocycles. The fraction of sp³-hybridized carbons (Fsp3) is 1.00. The molecule has 0 aliphatic heterocycles. The molecule has 1 aliphatic carbocycles. The molecule has 0 bridgehead atoms. The van der Waals surface area contributed by atoms with Gasteiger partial charge in [0.25, 0.3) is 0 Å². The van der Waals surface area contributed by atoms with Gasteiger partial charge in [-0.15, -0.1) is 0 Å². The lowest BCUT2D eigenvalue weighted by molar-refractivity contribution is 0.352. The van der Waals surface area contributed by atoms with Gasteiger partial charge in [0, 0.05) is 0 Å². The van der Waals surface area contributed by atoms with Crippen LogP contribution in [0.5, 0.6) is 0 Å². The molecule has 0 aromatic carbocycles. The van der Waals surface area contributed by atoms with E-state index in [4.69, 9.17) is 5.14 Å². The molecule has 78 valence electrons. The average Bonchev–Trinajstić information content (AvgIpc) is 2.04. The Morgan fingerprint density at radius 2 is 1.77 bits per heavy atom. The van der Waals surface area contributed by atoms with E-state index in [1.807, 2.05) is 6.92 Å². The van der Waals surface area contributed by atoms with E-state index < -0.39 is 14.8 Å². The lowest BCUT2D eigenvalue weighted by Gasteiger charge is -2.34. The smallest absolute Gasteiger partial charge is 0.214 e. The van der Waals surface area contributed by atoms with Crippen molar-refractivity contribution in [2.24, 2.45) is 5.14 Å². The molecule has 0 saturated heterocycles. The Bertz CT molecular complexity index is 247. The van der Waals surface area contributed by atoms with Gasteiger partial charge < -0.3 is 0 Å². The normalized spacial score (nSPS) is 22.9. The third-order valence-corrected chi connectivity index (χ3v) is 4.89. The second kappa shape index (κ2) is 3.96. The van der Waals surface area contributed by atoms with Crippen LogP contribution in [0.25, 0.3) is 0 Å². The number of hydrogen-bond donors (Lipinski definition) is 1. The first-order chi connectivity index (χ1) is 6.02. The predicted molar refractivity (Wildman–Crippen MR) is 53.8 cm³/mol. The summed E-state index contributed by atoms with van der Waals surface area (Å²) in [6.07, 6.45) is 6.33. The number of primary sulfonamides is 1. The Hall–Kier alpha value is -0.0900. The van der Waals surface area contributed by atoms with E-state index in [9.17, 15) is 8.42 Å². The fourth-order valence-corrected chi connectivity index (χ4v) is 3.67. The standard InChI is InChI=1S/C9H19NO2S/c1-2-6-9(13(10,11)12)7-4-3-5-8-9/h2-8H2,1H3,(H2,10,11,12). The van der Waals surface area contributed by atoms with Crippen LogP contribution in [0.1, 0.15) is 51.9 Å². The summed E-state index contributed by atoms with van der Waals surface area (Å²) in [5.41, 5.74) is 0. The summed E-state index contributed by atoms with van der Waals surface area (Å²) in [6, 6.07) is 0. The third kappa shape index (κ3) is 2.23. The Labute approximate surface area is 80.8 Å². The molecule has 1 saturated carbocycles. The largest absolute Gasteiger partial charge is 0.228 e. The summed E-state index contributed by atoms with van der Waals surface area (Å²) in [7, 11) is -3.35. The van der Waals surface area contributed by atoms with Crippen LogP contribution in [0, 0.1) is 0 Å². The van der Waals surface area contributed by atoms with Gasteiger partial charge in [-0.25, -0.2) is 13.6 Å². The van der Waals surface area contributed by atoms with Gasteiger partial charge in [0.1, 0.15) is 0 Å². The Morgan fingerprint density at radius 1 is 1.23 bits per heavy atom. The van der Waals surface area contributed by atoms with Gasteiger partial charge >= 0.3 is 0 Å². The van der Waals surface area contributed by atoms with Crippen molar-refractivity contribution in [1.82, 2.24) is 0 Å². The topological polar surface area (TPSA) is 60.2 Å². The molecule has 0 aromatic rings. The van der Waals surface area contributed by atoms with Crippen LogP contribution < -0.4 is 5.14 Å². The highest BCUT2D eigenvalue weighted by molar-refractivity contribution is 7.90. The van der Waals surface area contributed by atoms with Crippen molar-refractivity contribution in [2.75, 3.05) is 0 Å². The minimum absolute atomic E-state index is 0.583. The quantitative estimate of drug-likeness (QED) is 0.763. The summed E-state index contributed by atoms with van der Waals surface area (Å²) in [5.74, 6) is 0. The average molecular weight is 205 g/mol. The fourth-order valence-electron chi connectivity index (χ4n) is 2.33. The van der Waals surface area contributed by atoms with Crippen molar-refractivity contribution >= 4 is 10.0 Å². The molecule has 0 radical (unpaired) electrons. The Morgan fingerprint density at radius 3 is 2.15 bits per heavy atom. The van der Waals surface area contributed by atoms with Crippen molar-refractivity contribution in [3.8, 4) is 0 Å². The molecule has 2 N–H and O–H groups in total. The lowest BCUT2D eigenvalue weighted by atomic mass is 9.85. The lowest BCUT2D eigenvalue weighted by Crippen LogP contribution is -2.44. The third-order valence-electron chi connectivity index (χ3n) is 3.07. The molecule has 3 nitrogen and oxygen atoms in total. The molecule has 1 fully saturated rings. The van der Waals surface area contributed by atoms with Crippen molar-refractivity contribution in [3.63, 3.8) is 0 Å². The van der Waals surface area contributed by atoms with E-state index in [0.717, 1.165) is 44.9 Å². The van der Waals surface area contributed by atoms with Crippen molar-refractivity contribution in [2.45, 2.75) is 56.6 Å². The number of nitrogens with two attached hydrogens (primary N) is 1. The Balaban J connectivity index is 2.86. The van der Waals surface area contributed by atoms with Gasteiger partial charge in [-0.05, 0) is 19.3 Å². The maximum Gasteiger partial charge on any atom is 0.214 e. The molecule has 1 rings (SSSR count). The van der Waals surface area contributed by atoms with E-state index >= 15 is 0 Å². The molecular formula is C9H19NO2S. The van der Waals surface area contributed by atoms with E-state index in [1.54, 1.807) is 0 Å². The molecule has 4 heteroatoms. The maximum absolute atomic E-state index is 11.5. The first-order valence-electron chi connectivity index (χ1n) is 5.04. The zero-order valence-electron chi connectivity index (χ0n) is 8.25. The highest BCUT2D eigenvalue weighted by Crippen LogP contribution is 2.37. The van der Waals surface area contributed by atoms with Gasteiger partial charge in [-0.1, -0.05) is 32.6 Å². The molecule has 0 atom stereocenters. The number of rotatable bonds is 3. The monoisotopic (exact) mass is 205 g/mol. The molecule has 13 heavy (non-hydrogen) atoms. The van der Waals surface area contributed by atoms with Gasteiger partial charge in [0.15, 0.2) is 0 Å². The first-order valence-corrected chi connectivity index (χ1v) is 6.59. The van der Waals surface area contributed by atoms with Crippen LogP contribution in [-0.2, 0) is 10.0 Å². The summed E-state index contributed by atoms with van der Waals surface area (Å²) >= 11 is 0. The van der Waals surface area contributed by atoms with E-state index in [1.165, 1.54) is 0 Å². The van der Waals surface area contributed by atoms with E-state index in [-0.39, 0.29) is 0 Å². The molecule has 0 unspecified atom stereocenters. The zero-order chi connectivity index (χ0) is 9.95.